The van der Waals surface area contributed by atoms with E-state index in [0.29, 0.717) is 10.7 Å². The molecule has 27 heavy (non-hydrogen) atoms. The molecule has 0 atom stereocenters. The molecule has 3 rings (SSSR count). The fraction of sp³-hybridized carbons (Fsp3) is 0.250. The molecule has 0 unspecified atom stereocenters. The molecule has 0 aliphatic rings. The van der Waals surface area contributed by atoms with E-state index in [0.717, 1.165) is 17.1 Å². The summed E-state index contributed by atoms with van der Waals surface area (Å²) in [5.41, 5.74) is 1.27. The van der Waals surface area contributed by atoms with Gasteiger partial charge >= 0.3 is 0 Å². The summed E-state index contributed by atoms with van der Waals surface area (Å²) in [5.74, 6) is 1.09. The van der Waals surface area contributed by atoms with Crippen LogP contribution >= 0.6 is 11.8 Å². The Morgan fingerprint density at radius 2 is 1.93 bits per heavy atom. The van der Waals surface area contributed by atoms with E-state index in [1.165, 1.54) is 30.0 Å². The zero-order chi connectivity index (χ0) is 19.4. The van der Waals surface area contributed by atoms with Crippen LogP contribution < -0.4 is 4.74 Å². The highest BCUT2D eigenvalue weighted by Gasteiger charge is 2.18. The van der Waals surface area contributed by atoms with Crippen LogP contribution in [0.1, 0.15) is 30.2 Å². The largest absolute Gasteiger partial charge is 0.497 e. The molecule has 0 bridgehead atoms. The summed E-state index contributed by atoms with van der Waals surface area (Å²) in [6.45, 7) is 4.07. The van der Waals surface area contributed by atoms with Crippen molar-refractivity contribution in [3.8, 4) is 17.1 Å². The standard InChI is InChI=1S/C20H20FN3O2S/c1-13(2)24-19(14-7-9-17(26-3)10-8-14)22-23-20(24)27-12-18(25)15-5-4-6-16(21)11-15/h4-11,13H,12H2,1-3H3. The third-order valence-corrected chi connectivity index (χ3v) is 4.95. The van der Waals surface area contributed by atoms with Gasteiger partial charge in [-0.2, -0.15) is 0 Å². The molecule has 0 aliphatic heterocycles. The first-order valence-corrected chi connectivity index (χ1v) is 9.49. The number of ketones is 1. The summed E-state index contributed by atoms with van der Waals surface area (Å²) < 4.78 is 20.5. The number of halogens is 1. The van der Waals surface area contributed by atoms with Gasteiger partial charge in [0.05, 0.1) is 12.9 Å². The average Bonchev–Trinajstić information content (AvgIpc) is 3.10. The van der Waals surface area contributed by atoms with Crippen LogP contribution in [0.25, 0.3) is 11.4 Å². The lowest BCUT2D eigenvalue weighted by molar-refractivity contribution is 0.102. The SMILES string of the molecule is COc1ccc(-c2nnc(SCC(=O)c3cccc(F)c3)n2C(C)C)cc1. The second kappa shape index (κ2) is 8.35. The fourth-order valence-corrected chi connectivity index (χ4v) is 3.62. The van der Waals surface area contributed by atoms with Crippen molar-refractivity contribution < 1.29 is 13.9 Å². The molecule has 0 amide bonds. The number of hydrogen-bond donors (Lipinski definition) is 0. The summed E-state index contributed by atoms with van der Waals surface area (Å²) in [4.78, 5) is 12.3. The Kier molecular flexibility index (Phi) is 5.91. The Morgan fingerprint density at radius 1 is 1.19 bits per heavy atom. The monoisotopic (exact) mass is 385 g/mol. The van der Waals surface area contributed by atoms with Gasteiger partial charge in [-0.05, 0) is 50.2 Å². The van der Waals surface area contributed by atoms with Crippen molar-refractivity contribution in [2.24, 2.45) is 0 Å². The van der Waals surface area contributed by atoms with Crippen LogP contribution in [0.15, 0.2) is 53.7 Å². The Hall–Kier alpha value is -2.67. The molecule has 0 saturated heterocycles. The van der Waals surface area contributed by atoms with Crippen molar-refractivity contribution in [2.75, 3.05) is 12.9 Å². The van der Waals surface area contributed by atoms with E-state index < -0.39 is 5.82 Å². The Labute approximate surface area is 161 Å². The van der Waals surface area contributed by atoms with Crippen molar-refractivity contribution in [1.82, 2.24) is 14.8 Å². The van der Waals surface area contributed by atoms with Gasteiger partial charge < -0.3 is 4.74 Å². The first-order valence-electron chi connectivity index (χ1n) is 8.50. The van der Waals surface area contributed by atoms with Gasteiger partial charge in [0.1, 0.15) is 11.6 Å². The van der Waals surface area contributed by atoms with Crippen LogP contribution in [-0.4, -0.2) is 33.4 Å². The van der Waals surface area contributed by atoms with Crippen molar-refractivity contribution in [2.45, 2.75) is 25.0 Å². The van der Waals surface area contributed by atoms with Crippen molar-refractivity contribution in [3.05, 3.63) is 59.9 Å². The van der Waals surface area contributed by atoms with E-state index in [-0.39, 0.29) is 17.6 Å². The lowest BCUT2D eigenvalue weighted by Crippen LogP contribution is -2.08. The van der Waals surface area contributed by atoms with Crippen molar-refractivity contribution in [3.63, 3.8) is 0 Å². The summed E-state index contributed by atoms with van der Waals surface area (Å²) in [6.07, 6.45) is 0. The average molecular weight is 385 g/mol. The fourth-order valence-electron chi connectivity index (χ4n) is 2.65. The maximum atomic E-state index is 13.3. The number of nitrogens with zero attached hydrogens (tertiary/aromatic N) is 3. The van der Waals surface area contributed by atoms with E-state index in [9.17, 15) is 9.18 Å². The number of rotatable bonds is 7. The maximum Gasteiger partial charge on any atom is 0.192 e. The number of carbonyl (C=O) groups is 1. The van der Waals surface area contributed by atoms with Crippen LogP contribution in [0.3, 0.4) is 0 Å². The molecular weight excluding hydrogens is 365 g/mol. The van der Waals surface area contributed by atoms with Crippen molar-refractivity contribution >= 4 is 17.5 Å². The first kappa shape index (κ1) is 19.1. The summed E-state index contributed by atoms with van der Waals surface area (Å²) in [7, 11) is 1.62. The smallest absolute Gasteiger partial charge is 0.192 e. The van der Waals surface area contributed by atoms with Gasteiger partial charge in [0.2, 0.25) is 0 Å². The first-order chi connectivity index (χ1) is 13.0. The zero-order valence-electron chi connectivity index (χ0n) is 15.3. The van der Waals surface area contributed by atoms with E-state index in [1.807, 2.05) is 42.7 Å². The minimum atomic E-state index is -0.419. The number of aromatic nitrogens is 3. The van der Waals surface area contributed by atoms with Gasteiger partial charge in [0, 0.05) is 17.2 Å². The van der Waals surface area contributed by atoms with Gasteiger partial charge in [-0.1, -0.05) is 23.9 Å². The van der Waals surface area contributed by atoms with Crippen LogP contribution in [0.2, 0.25) is 0 Å². The molecule has 0 saturated carbocycles. The van der Waals surface area contributed by atoms with Gasteiger partial charge in [0.25, 0.3) is 0 Å². The molecule has 1 heterocycles. The Balaban J connectivity index is 1.81. The molecule has 3 aromatic rings. The highest BCUT2D eigenvalue weighted by molar-refractivity contribution is 7.99. The molecule has 7 heteroatoms. The zero-order valence-corrected chi connectivity index (χ0v) is 16.2. The van der Waals surface area contributed by atoms with E-state index in [1.54, 1.807) is 13.2 Å². The van der Waals surface area contributed by atoms with E-state index >= 15 is 0 Å². The van der Waals surface area contributed by atoms with Crippen LogP contribution in [0.5, 0.6) is 5.75 Å². The third kappa shape index (κ3) is 4.36. The highest BCUT2D eigenvalue weighted by Crippen LogP contribution is 2.29. The lowest BCUT2D eigenvalue weighted by Gasteiger charge is -2.14. The predicted molar refractivity (Wildman–Crippen MR) is 104 cm³/mol. The molecule has 0 spiro atoms. The van der Waals surface area contributed by atoms with Crippen molar-refractivity contribution in [1.29, 1.82) is 0 Å². The summed E-state index contributed by atoms with van der Waals surface area (Å²) in [5, 5.41) is 9.22. The molecule has 0 radical (unpaired) electrons. The molecule has 1 aromatic heterocycles. The lowest BCUT2D eigenvalue weighted by atomic mass is 10.1. The van der Waals surface area contributed by atoms with Gasteiger partial charge in [-0.15, -0.1) is 10.2 Å². The Bertz CT molecular complexity index is 939. The second-order valence-electron chi connectivity index (χ2n) is 6.22. The topological polar surface area (TPSA) is 57.0 Å². The van der Waals surface area contributed by atoms with Gasteiger partial charge in [-0.3, -0.25) is 9.36 Å². The number of thioether (sulfide) groups is 1. The van der Waals surface area contributed by atoms with E-state index in [2.05, 4.69) is 10.2 Å². The molecule has 0 fully saturated rings. The third-order valence-electron chi connectivity index (χ3n) is 4.01. The minimum Gasteiger partial charge on any atom is -0.497 e. The minimum absolute atomic E-state index is 0.115. The summed E-state index contributed by atoms with van der Waals surface area (Å²) >= 11 is 1.30. The quantitative estimate of drug-likeness (QED) is 0.438. The molecular formula is C20H20FN3O2S. The number of Topliss-reactive ketones (excluding diaryl/α,β-unsaturated/α-hetero) is 1. The molecule has 140 valence electrons. The highest BCUT2D eigenvalue weighted by atomic mass is 32.2. The van der Waals surface area contributed by atoms with Gasteiger partial charge in [-0.25, -0.2) is 4.39 Å². The predicted octanol–water partition coefficient (Wildman–Crippen LogP) is 4.65. The van der Waals surface area contributed by atoms with Crippen LogP contribution in [0.4, 0.5) is 4.39 Å². The van der Waals surface area contributed by atoms with E-state index in [4.69, 9.17) is 4.74 Å². The second-order valence-corrected chi connectivity index (χ2v) is 7.16. The number of methoxy groups -OCH3 is 1. The number of benzene rings is 2. The number of hydrogen-bond acceptors (Lipinski definition) is 5. The molecule has 0 aliphatic carbocycles. The van der Waals surface area contributed by atoms with Crippen LogP contribution in [-0.2, 0) is 0 Å². The number of carbonyl (C=O) groups excluding carboxylic acids is 1. The Morgan fingerprint density at radius 3 is 2.56 bits per heavy atom. The van der Waals surface area contributed by atoms with Crippen LogP contribution in [0, 0.1) is 5.82 Å². The number of ether oxygens (including phenoxy) is 1. The van der Waals surface area contributed by atoms with Gasteiger partial charge in [0.15, 0.2) is 16.8 Å². The molecule has 0 N–H and O–H groups in total. The summed E-state index contributed by atoms with van der Waals surface area (Å²) in [6, 6.07) is 13.4. The molecule has 5 nitrogen and oxygen atoms in total. The normalized spacial score (nSPS) is 11.0. The maximum absolute atomic E-state index is 13.3. The molecule has 2 aromatic carbocycles.